The maximum absolute atomic E-state index is 12.0. The molecule has 118 valence electrons. The molecule has 0 aliphatic carbocycles. The molecule has 1 fully saturated rings. The average molecular weight is 357 g/mol. The second-order valence-corrected chi connectivity index (χ2v) is 7.02. The maximum Gasteiger partial charge on any atom is 0.244 e. The smallest absolute Gasteiger partial charge is 0.244 e. The zero-order chi connectivity index (χ0) is 14.7. The third-order valence-electron chi connectivity index (χ3n) is 3.21. The summed E-state index contributed by atoms with van der Waals surface area (Å²) in [5, 5.41) is 15.6. The minimum Gasteiger partial charge on any atom is -0.299 e. The molecule has 1 aliphatic rings. The summed E-state index contributed by atoms with van der Waals surface area (Å²) in [5.41, 5.74) is 2.44. The number of aromatic nitrogens is 2. The first-order valence-corrected chi connectivity index (χ1v) is 8.68. The predicted octanol–water partition coefficient (Wildman–Crippen LogP) is 2.46. The van der Waals surface area contributed by atoms with Crippen molar-refractivity contribution in [1.29, 1.82) is 0 Å². The number of hydrogen-bond acceptors (Lipinski definition) is 6. The molecule has 8 heteroatoms. The van der Waals surface area contributed by atoms with Crippen molar-refractivity contribution in [3.8, 4) is 0 Å². The van der Waals surface area contributed by atoms with Crippen LogP contribution in [0, 0.1) is 6.92 Å². The Labute approximate surface area is 143 Å². The van der Waals surface area contributed by atoms with Gasteiger partial charge < -0.3 is 0 Å². The van der Waals surface area contributed by atoms with Crippen molar-refractivity contribution in [2.24, 2.45) is 0 Å². The normalized spacial score (nSPS) is 17.0. The number of hydrogen-bond donors (Lipinski definition) is 2. The van der Waals surface area contributed by atoms with Crippen LogP contribution >= 0.6 is 35.5 Å². The number of halogens is 1. The first-order chi connectivity index (χ1) is 10.2. The molecule has 0 bridgehead atoms. The van der Waals surface area contributed by atoms with Gasteiger partial charge >= 0.3 is 0 Å². The van der Waals surface area contributed by atoms with Gasteiger partial charge in [0.2, 0.25) is 11.0 Å². The van der Waals surface area contributed by atoms with E-state index in [0.717, 1.165) is 23.1 Å². The van der Waals surface area contributed by atoms with Crippen LogP contribution in [0.5, 0.6) is 0 Å². The van der Waals surface area contributed by atoms with Gasteiger partial charge in [0, 0.05) is 18.1 Å². The van der Waals surface area contributed by atoms with Crippen molar-refractivity contribution in [3.05, 3.63) is 40.4 Å². The molecule has 0 spiro atoms. The van der Waals surface area contributed by atoms with Crippen molar-refractivity contribution in [2.45, 2.75) is 19.4 Å². The third-order valence-corrected chi connectivity index (χ3v) is 4.98. The van der Waals surface area contributed by atoms with Crippen LogP contribution in [-0.2, 0) is 11.2 Å². The summed E-state index contributed by atoms with van der Waals surface area (Å²) in [7, 11) is 0. The quantitative estimate of drug-likeness (QED) is 0.880. The fraction of sp³-hybridized carbons (Fsp3) is 0.357. The van der Waals surface area contributed by atoms with Crippen LogP contribution in [0.15, 0.2) is 24.3 Å². The van der Waals surface area contributed by atoms with Gasteiger partial charge in [0.25, 0.3) is 0 Å². The summed E-state index contributed by atoms with van der Waals surface area (Å²) in [4.78, 5) is 12.0. The van der Waals surface area contributed by atoms with Gasteiger partial charge in [0.05, 0.1) is 6.04 Å². The molecular weight excluding hydrogens is 340 g/mol. The Balaban J connectivity index is 0.00000176. The van der Waals surface area contributed by atoms with Crippen LogP contribution in [0.1, 0.15) is 16.1 Å². The monoisotopic (exact) mass is 356 g/mol. The lowest BCUT2D eigenvalue weighted by Gasteiger charge is -2.07. The second-order valence-electron chi connectivity index (χ2n) is 4.92. The van der Waals surface area contributed by atoms with E-state index in [1.807, 2.05) is 0 Å². The van der Waals surface area contributed by atoms with Crippen LogP contribution in [0.3, 0.4) is 0 Å². The van der Waals surface area contributed by atoms with Gasteiger partial charge in [-0.05, 0) is 12.5 Å². The standard InChI is InChI=1S/C14H16N4OS2.ClH/c1-9-2-4-10(5-3-9)6-12-17-18-14(21-12)16-13(19)11-7-20-8-15-11;/h2-5,11,15H,6-8H2,1H3,(H,16,18,19);1H. The van der Waals surface area contributed by atoms with E-state index in [1.54, 1.807) is 11.8 Å². The van der Waals surface area contributed by atoms with Crippen molar-refractivity contribution in [1.82, 2.24) is 15.5 Å². The minimum atomic E-state index is -0.126. The minimum absolute atomic E-state index is 0. The largest absolute Gasteiger partial charge is 0.299 e. The number of anilines is 1. The molecule has 1 atom stereocenters. The Morgan fingerprint density at radius 2 is 2.14 bits per heavy atom. The molecule has 2 heterocycles. The molecular formula is C14H17ClN4OS2. The van der Waals surface area contributed by atoms with Crippen LogP contribution in [0.2, 0.25) is 0 Å². The third kappa shape index (κ3) is 4.42. The van der Waals surface area contributed by atoms with Gasteiger partial charge in [0.1, 0.15) is 5.01 Å². The molecule has 0 saturated carbocycles. The Kier molecular flexibility index (Phi) is 6.19. The zero-order valence-electron chi connectivity index (χ0n) is 12.0. The number of rotatable bonds is 4. The van der Waals surface area contributed by atoms with Gasteiger partial charge in [-0.25, -0.2) is 0 Å². The summed E-state index contributed by atoms with van der Waals surface area (Å²) in [6.45, 7) is 2.07. The summed E-state index contributed by atoms with van der Waals surface area (Å²) >= 11 is 3.15. The fourth-order valence-electron chi connectivity index (χ4n) is 2.01. The molecule has 3 rings (SSSR count). The molecule has 1 aromatic heterocycles. The highest BCUT2D eigenvalue weighted by Crippen LogP contribution is 2.20. The Morgan fingerprint density at radius 3 is 2.82 bits per heavy atom. The molecule has 5 nitrogen and oxygen atoms in total. The lowest BCUT2D eigenvalue weighted by atomic mass is 10.1. The zero-order valence-corrected chi connectivity index (χ0v) is 14.5. The van der Waals surface area contributed by atoms with Crippen LogP contribution in [0.4, 0.5) is 5.13 Å². The number of carbonyl (C=O) groups is 1. The number of nitrogens with one attached hydrogen (secondary N) is 2. The molecule has 1 unspecified atom stereocenters. The Hall–Kier alpha value is -1.15. The Morgan fingerprint density at radius 1 is 1.36 bits per heavy atom. The molecule has 22 heavy (non-hydrogen) atoms. The molecule has 1 amide bonds. The predicted molar refractivity (Wildman–Crippen MR) is 94.0 cm³/mol. The van der Waals surface area contributed by atoms with Crippen LogP contribution in [-0.4, -0.2) is 33.8 Å². The van der Waals surface area contributed by atoms with Crippen LogP contribution < -0.4 is 10.6 Å². The van der Waals surface area contributed by atoms with Crippen molar-refractivity contribution in [3.63, 3.8) is 0 Å². The van der Waals surface area contributed by atoms with E-state index in [0.29, 0.717) is 5.13 Å². The van der Waals surface area contributed by atoms with E-state index in [2.05, 4.69) is 52.0 Å². The SMILES string of the molecule is Cc1ccc(Cc2nnc(NC(=O)C3CSCN3)s2)cc1.Cl. The molecule has 1 aliphatic heterocycles. The van der Waals surface area contributed by atoms with Gasteiger partial charge in [-0.2, -0.15) is 0 Å². The van der Waals surface area contributed by atoms with E-state index in [1.165, 1.54) is 22.5 Å². The van der Waals surface area contributed by atoms with Gasteiger partial charge in [0.15, 0.2) is 0 Å². The van der Waals surface area contributed by atoms with Gasteiger partial charge in [-0.3, -0.25) is 15.4 Å². The number of amides is 1. The van der Waals surface area contributed by atoms with Crippen molar-refractivity contribution in [2.75, 3.05) is 16.9 Å². The van der Waals surface area contributed by atoms with Gasteiger partial charge in [-0.15, -0.1) is 34.4 Å². The molecule has 0 radical (unpaired) electrons. The second kappa shape index (κ2) is 7.92. The van der Waals surface area contributed by atoms with E-state index in [4.69, 9.17) is 0 Å². The fourth-order valence-corrected chi connectivity index (χ4v) is 3.73. The van der Waals surface area contributed by atoms with E-state index in [-0.39, 0.29) is 24.4 Å². The number of nitrogens with zero attached hydrogens (tertiary/aromatic N) is 2. The maximum atomic E-state index is 12.0. The van der Waals surface area contributed by atoms with E-state index < -0.39 is 0 Å². The molecule has 2 N–H and O–H groups in total. The van der Waals surface area contributed by atoms with Crippen LogP contribution in [0.25, 0.3) is 0 Å². The first kappa shape index (κ1) is 17.2. The highest BCUT2D eigenvalue weighted by Gasteiger charge is 2.23. The summed E-state index contributed by atoms with van der Waals surface area (Å²) in [6.07, 6.45) is 0.741. The lowest BCUT2D eigenvalue weighted by Crippen LogP contribution is -2.37. The summed E-state index contributed by atoms with van der Waals surface area (Å²) < 4.78 is 0. The van der Waals surface area contributed by atoms with E-state index in [9.17, 15) is 4.79 Å². The molecule has 2 aromatic rings. The summed E-state index contributed by atoms with van der Waals surface area (Å²) in [6, 6.07) is 8.23. The number of aryl methyl sites for hydroxylation is 1. The highest BCUT2D eigenvalue weighted by atomic mass is 35.5. The van der Waals surface area contributed by atoms with E-state index >= 15 is 0 Å². The number of benzene rings is 1. The first-order valence-electron chi connectivity index (χ1n) is 6.70. The molecule has 1 saturated heterocycles. The average Bonchev–Trinajstić information content (AvgIpc) is 3.13. The molecule has 1 aromatic carbocycles. The number of thioether (sulfide) groups is 1. The van der Waals surface area contributed by atoms with Crippen molar-refractivity contribution >= 4 is 46.5 Å². The lowest BCUT2D eigenvalue weighted by molar-refractivity contribution is -0.117. The summed E-state index contributed by atoms with van der Waals surface area (Å²) in [5.74, 6) is 1.60. The van der Waals surface area contributed by atoms with Gasteiger partial charge in [-0.1, -0.05) is 41.2 Å². The Bertz CT molecular complexity index is 626. The topological polar surface area (TPSA) is 66.9 Å². The highest BCUT2D eigenvalue weighted by molar-refractivity contribution is 7.99. The van der Waals surface area contributed by atoms with Crippen molar-refractivity contribution < 1.29 is 4.79 Å². The number of carbonyl (C=O) groups excluding carboxylic acids is 1.